The Hall–Kier alpha value is -0.590. The molecule has 0 bridgehead atoms. The van der Waals surface area contributed by atoms with Gasteiger partial charge in [-0.25, -0.2) is 0 Å². The van der Waals surface area contributed by atoms with Gasteiger partial charge in [-0.15, -0.1) is 0 Å². The Kier molecular flexibility index (Phi) is 11.7. The van der Waals surface area contributed by atoms with Crippen LogP contribution in [-0.2, 0) is 9.47 Å². The highest BCUT2D eigenvalue weighted by Gasteiger charge is 2.12. The van der Waals surface area contributed by atoms with E-state index in [-0.39, 0.29) is 0 Å². The highest BCUT2D eigenvalue weighted by molar-refractivity contribution is 4.67. The van der Waals surface area contributed by atoms with Crippen molar-refractivity contribution in [1.29, 1.82) is 5.26 Å². The maximum atomic E-state index is 8.42. The monoisotopic (exact) mass is 281 g/mol. The van der Waals surface area contributed by atoms with E-state index in [0.29, 0.717) is 12.5 Å². The molecule has 0 radical (unpaired) electrons. The predicted molar refractivity (Wildman–Crippen MR) is 81.6 cm³/mol. The van der Waals surface area contributed by atoms with Crippen LogP contribution >= 0.6 is 0 Å². The summed E-state index contributed by atoms with van der Waals surface area (Å²) in [4.78, 5) is 0. The van der Waals surface area contributed by atoms with Crippen molar-refractivity contribution < 1.29 is 9.47 Å². The second-order valence-corrected chi connectivity index (χ2v) is 5.77. The first-order valence-electron chi connectivity index (χ1n) is 8.50. The molecule has 0 amide bonds. The van der Waals surface area contributed by atoms with Gasteiger partial charge in [0.25, 0.3) is 0 Å². The third kappa shape index (κ3) is 10.2. The molecule has 1 saturated heterocycles. The van der Waals surface area contributed by atoms with E-state index in [4.69, 9.17) is 14.7 Å². The van der Waals surface area contributed by atoms with Crippen molar-refractivity contribution in [3.05, 3.63) is 0 Å². The fraction of sp³-hybridized carbons (Fsp3) is 0.941. The van der Waals surface area contributed by atoms with Crippen LogP contribution in [0, 0.1) is 11.3 Å². The van der Waals surface area contributed by atoms with Gasteiger partial charge in [-0.05, 0) is 51.4 Å². The van der Waals surface area contributed by atoms with Gasteiger partial charge in [0.15, 0.2) is 0 Å². The topological polar surface area (TPSA) is 42.2 Å². The van der Waals surface area contributed by atoms with Crippen LogP contribution in [0.4, 0.5) is 0 Å². The summed E-state index contributed by atoms with van der Waals surface area (Å²) in [5.41, 5.74) is 0. The molecule has 0 N–H and O–H groups in total. The number of hydrogen-bond donors (Lipinski definition) is 0. The second kappa shape index (κ2) is 13.4. The van der Waals surface area contributed by atoms with Gasteiger partial charge in [0.05, 0.1) is 12.2 Å². The highest BCUT2D eigenvalue weighted by Crippen LogP contribution is 2.17. The van der Waals surface area contributed by atoms with Gasteiger partial charge in [-0.3, -0.25) is 0 Å². The third-order valence-corrected chi connectivity index (χ3v) is 3.92. The van der Waals surface area contributed by atoms with Gasteiger partial charge < -0.3 is 9.47 Å². The second-order valence-electron chi connectivity index (χ2n) is 5.77. The summed E-state index contributed by atoms with van der Waals surface area (Å²) in [6.07, 6.45) is 14.6. The van der Waals surface area contributed by atoms with Crippen molar-refractivity contribution in [3.8, 4) is 6.07 Å². The minimum Gasteiger partial charge on any atom is -0.381 e. The number of nitrogens with zero attached hydrogens (tertiary/aromatic N) is 1. The Labute approximate surface area is 124 Å². The first-order valence-corrected chi connectivity index (χ1v) is 8.50. The Morgan fingerprint density at radius 3 is 2.45 bits per heavy atom. The number of nitriles is 1. The molecule has 0 spiro atoms. The zero-order valence-electron chi connectivity index (χ0n) is 12.9. The van der Waals surface area contributed by atoms with Crippen LogP contribution in [0.2, 0.25) is 0 Å². The minimum absolute atomic E-state index is 0.525. The van der Waals surface area contributed by atoms with E-state index >= 15 is 0 Å². The van der Waals surface area contributed by atoms with E-state index in [2.05, 4.69) is 6.07 Å². The van der Waals surface area contributed by atoms with Crippen LogP contribution in [0.5, 0.6) is 0 Å². The SMILES string of the molecule is N#CCCCCCCCOCCCCC1CCCCO1. The molecule has 0 aromatic carbocycles. The first kappa shape index (κ1) is 17.5. The highest BCUT2D eigenvalue weighted by atomic mass is 16.5. The number of ether oxygens (including phenoxy) is 2. The van der Waals surface area contributed by atoms with Crippen LogP contribution in [-0.4, -0.2) is 25.9 Å². The largest absolute Gasteiger partial charge is 0.381 e. The summed E-state index contributed by atoms with van der Waals surface area (Å²) < 4.78 is 11.4. The molecule has 1 unspecified atom stereocenters. The van der Waals surface area contributed by atoms with Crippen molar-refractivity contribution in [2.24, 2.45) is 0 Å². The lowest BCUT2D eigenvalue weighted by Crippen LogP contribution is -2.18. The number of unbranched alkanes of at least 4 members (excludes halogenated alkanes) is 6. The maximum Gasteiger partial charge on any atom is 0.0621 e. The number of rotatable bonds is 12. The summed E-state index contributed by atoms with van der Waals surface area (Å²) in [5.74, 6) is 0. The smallest absolute Gasteiger partial charge is 0.0621 e. The molecule has 1 heterocycles. The Balaban J connectivity index is 1.71. The Morgan fingerprint density at radius 1 is 0.950 bits per heavy atom. The molecule has 0 saturated carbocycles. The molecule has 0 aliphatic carbocycles. The van der Waals surface area contributed by atoms with E-state index in [1.165, 1.54) is 57.8 Å². The zero-order chi connectivity index (χ0) is 14.3. The van der Waals surface area contributed by atoms with Gasteiger partial charge in [0, 0.05) is 26.2 Å². The molecule has 1 rings (SSSR count). The molecule has 0 aromatic rings. The zero-order valence-corrected chi connectivity index (χ0v) is 12.9. The molecule has 1 aliphatic heterocycles. The first-order chi connectivity index (χ1) is 9.93. The average Bonchev–Trinajstić information content (AvgIpc) is 2.49. The van der Waals surface area contributed by atoms with Gasteiger partial charge >= 0.3 is 0 Å². The van der Waals surface area contributed by atoms with E-state index < -0.39 is 0 Å². The summed E-state index contributed by atoms with van der Waals surface area (Å²) in [5, 5.41) is 8.42. The lowest BCUT2D eigenvalue weighted by molar-refractivity contribution is 0.00841. The lowest BCUT2D eigenvalue weighted by Gasteiger charge is -2.22. The fourth-order valence-corrected chi connectivity index (χ4v) is 2.65. The van der Waals surface area contributed by atoms with E-state index in [1.54, 1.807) is 0 Å². The summed E-state index contributed by atoms with van der Waals surface area (Å²) in [6, 6.07) is 2.19. The number of hydrogen-bond acceptors (Lipinski definition) is 3. The van der Waals surface area contributed by atoms with Gasteiger partial charge in [-0.1, -0.05) is 19.3 Å². The van der Waals surface area contributed by atoms with Crippen molar-refractivity contribution in [2.45, 2.75) is 83.2 Å². The lowest BCUT2D eigenvalue weighted by atomic mass is 10.0. The molecular weight excluding hydrogens is 250 g/mol. The minimum atomic E-state index is 0.525. The van der Waals surface area contributed by atoms with Crippen LogP contribution < -0.4 is 0 Å². The molecule has 116 valence electrons. The normalized spacial score (nSPS) is 18.9. The van der Waals surface area contributed by atoms with Gasteiger partial charge in [0.2, 0.25) is 0 Å². The molecule has 20 heavy (non-hydrogen) atoms. The molecule has 1 aliphatic rings. The van der Waals surface area contributed by atoms with E-state index in [9.17, 15) is 0 Å². The average molecular weight is 281 g/mol. The molecule has 0 aromatic heterocycles. The molecule has 3 nitrogen and oxygen atoms in total. The molecule has 1 fully saturated rings. The quantitative estimate of drug-likeness (QED) is 0.491. The Bertz CT molecular complexity index is 244. The molecule has 1 atom stereocenters. The van der Waals surface area contributed by atoms with Gasteiger partial charge in [-0.2, -0.15) is 5.26 Å². The fourth-order valence-electron chi connectivity index (χ4n) is 2.65. The summed E-state index contributed by atoms with van der Waals surface area (Å²) >= 11 is 0. The summed E-state index contributed by atoms with van der Waals surface area (Å²) in [7, 11) is 0. The Morgan fingerprint density at radius 2 is 1.70 bits per heavy atom. The third-order valence-electron chi connectivity index (χ3n) is 3.92. The van der Waals surface area contributed by atoms with Gasteiger partial charge in [0.1, 0.15) is 0 Å². The summed E-state index contributed by atoms with van der Waals surface area (Å²) in [6.45, 7) is 2.77. The standard InChI is InChI=1S/C17H31NO2/c18-13-7-3-1-2-4-8-14-19-15-9-5-11-17-12-6-10-16-20-17/h17H,1-12,14-16H2. The van der Waals surface area contributed by atoms with Crippen LogP contribution in [0.3, 0.4) is 0 Å². The predicted octanol–water partition coefficient (Wildman–Crippen LogP) is 4.61. The molecule has 3 heteroatoms. The van der Waals surface area contributed by atoms with Crippen LogP contribution in [0.1, 0.15) is 77.0 Å². The van der Waals surface area contributed by atoms with Crippen molar-refractivity contribution >= 4 is 0 Å². The van der Waals surface area contributed by atoms with Crippen LogP contribution in [0.15, 0.2) is 0 Å². The molecular formula is C17H31NO2. The van der Waals surface area contributed by atoms with E-state index in [0.717, 1.165) is 32.7 Å². The van der Waals surface area contributed by atoms with Crippen molar-refractivity contribution in [1.82, 2.24) is 0 Å². The van der Waals surface area contributed by atoms with Crippen molar-refractivity contribution in [3.63, 3.8) is 0 Å². The van der Waals surface area contributed by atoms with Crippen molar-refractivity contribution in [2.75, 3.05) is 19.8 Å². The maximum absolute atomic E-state index is 8.42. The van der Waals surface area contributed by atoms with Crippen LogP contribution in [0.25, 0.3) is 0 Å². The van der Waals surface area contributed by atoms with E-state index in [1.807, 2.05) is 0 Å².